The third-order valence-corrected chi connectivity index (χ3v) is 2.66. The van der Waals surface area contributed by atoms with E-state index in [1.165, 1.54) is 6.20 Å². The van der Waals surface area contributed by atoms with Gasteiger partial charge in [-0.25, -0.2) is 0 Å². The van der Waals surface area contributed by atoms with Gasteiger partial charge in [-0.1, -0.05) is 36.4 Å². The first-order chi connectivity index (χ1) is 8.34. The number of hydrogen-bond donors (Lipinski definition) is 1. The maximum absolute atomic E-state index is 12.0. The fraction of sp³-hybridized carbons (Fsp3) is 0. The SMILES string of the molecule is O=C(c1ccc2ccccc2c1)c1cn[nH]n1. The van der Waals surface area contributed by atoms with E-state index in [0.717, 1.165) is 10.8 Å². The summed E-state index contributed by atoms with van der Waals surface area (Å²) >= 11 is 0. The molecule has 0 bridgehead atoms. The Labute approximate surface area is 97.3 Å². The molecule has 0 saturated carbocycles. The van der Waals surface area contributed by atoms with E-state index in [2.05, 4.69) is 15.4 Å². The Balaban J connectivity index is 2.09. The Hall–Kier alpha value is -2.49. The predicted molar refractivity (Wildman–Crippen MR) is 63.8 cm³/mol. The summed E-state index contributed by atoms with van der Waals surface area (Å²) in [6, 6.07) is 13.5. The molecule has 1 N–H and O–H groups in total. The molecule has 4 nitrogen and oxygen atoms in total. The fourth-order valence-electron chi connectivity index (χ4n) is 1.79. The molecule has 0 aliphatic heterocycles. The Morgan fingerprint density at radius 2 is 1.88 bits per heavy atom. The molecule has 0 saturated heterocycles. The van der Waals surface area contributed by atoms with Crippen LogP contribution in [-0.2, 0) is 0 Å². The van der Waals surface area contributed by atoms with E-state index in [-0.39, 0.29) is 5.78 Å². The van der Waals surface area contributed by atoms with Gasteiger partial charge in [0.05, 0.1) is 6.20 Å². The van der Waals surface area contributed by atoms with Crippen molar-refractivity contribution < 1.29 is 4.79 Å². The van der Waals surface area contributed by atoms with Gasteiger partial charge in [0.25, 0.3) is 0 Å². The molecule has 82 valence electrons. The molecule has 4 heteroatoms. The van der Waals surface area contributed by atoms with E-state index < -0.39 is 0 Å². The summed E-state index contributed by atoms with van der Waals surface area (Å²) in [6.45, 7) is 0. The lowest BCUT2D eigenvalue weighted by atomic mass is 10.0. The standard InChI is InChI=1S/C13H9N3O/c17-13(12-8-14-16-15-12)11-6-5-9-3-1-2-4-10(9)7-11/h1-8H,(H,14,15,16). The Bertz CT molecular complexity index is 674. The van der Waals surface area contributed by atoms with Crippen molar-refractivity contribution >= 4 is 16.6 Å². The normalized spacial score (nSPS) is 10.6. The number of fused-ring (bicyclic) bond motifs is 1. The number of nitrogens with zero attached hydrogens (tertiary/aromatic N) is 2. The van der Waals surface area contributed by atoms with E-state index in [1.54, 1.807) is 6.07 Å². The van der Waals surface area contributed by atoms with Crippen molar-refractivity contribution in [2.75, 3.05) is 0 Å². The van der Waals surface area contributed by atoms with Crippen LogP contribution in [0.5, 0.6) is 0 Å². The topological polar surface area (TPSA) is 58.6 Å². The van der Waals surface area contributed by atoms with Crippen LogP contribution in [0, 0.1) is 0 Å². The summed E-state index contributed by atoms with van der Waals surface area (Å²) in [7, 11) is 0. The van der Waals surface area contributed by atoms with Gasteiger partial charge in [-0.15, -0.1) is 0 Å². The molecule has 3 aromatic rings. The van der Waals surface area contributed by atoms with Gasteiger partial charge in [-0.3, -0.25) is 4.79 Å². The first-order valence-corrected chi connectivity index (χ1v) is 5.24. The summed E-state index contributed by atoms with van der Waals surface area (Å²) < 4.78 is 0. The van der Waals surface area contributed by atoms with Gasteiger partial charge in [-0.2, -0.15) is 15.4 Å². The van der Waals surface area contributed by atoms with Crippen LogP contribution < -0.4 is 0 Å². The maximum atomic E-state index is 12.0. The lowest BCUT2D eigenvalue weighted by molar-refractivity contribution is 0.103. The molecule has 3 rings (SSSR count). The van der Waals surface area contributed by atoms with Crippen molar-refractivity contribution in [3.05, 3.63) is 59.9 Å². The number of H-pyrrole nitrogens is 1. The zero-order valence-electron chi connectivity index (χ0n) is 8.92. The average molecular weight is 223 g/mol. The highest BCUT2D eigenvalue weighted by Crippen LogP contribution is 2.17. The second-order valence-electron chi connectivity index (χ2n) is 3.75. The molecule has 0 aliphatic rings. The van der Waals surface area contributed by atoms with Crippen molar-refractivity contribution in [2.45, 2.75) is 0 Å². The summed E-state index contributed by atoms with van der Waals surface area (Å²) in [5.41, 5.74) is 0.956. The molecule has 1 heterocycles. The highest BCUT2D eigenvalue weighted by molar-refractivity contribution is 6.09. The molecule has 17 heavy (non-hydrogen) atoms. The quantitative estimate of drug-likeness (QED) is 0.677. The van der Waals surface area contributed by atoms with Crippen LogP contribution in [0.3, 0.4) is 0 Å². The highest BCUT2D eigenvalue weighted by atomic mass is 16.1. The van der Waals surface area contributed by atoms with Crippen LogP contribution >= 0.6 is 0 Å². The van der Waals surface area contributed by atoms with E-state index in [1.807, 2.05) is 36.4 Å². The van der Waals surface area contributed by atoms with E-state index in [0.29, 0.717) is 11.3 Å². The number of hydrogen-bond acceptors (Lipinski definition) is 3. The molecule has 0 radical (unpaired) electrons. The second kappa shape index (κ2) is 3.83. The van der Waals surface area contributed by atoms with Crippen molar-refractivity contribution in [3.8, 4) is 0 Å². The summed E-state index contributed by atoms with van der Waals surface area (Å²) in [6.07, 6.45) is 1.43. The van der Waals surface area contributed by atoms with Crippen molar-refractivity contribution in [2.24, 2.45) is 0 Å². The van der Waals surface area contributed by atoms with Crippen molar-refractivity contribution in [1.82, 2.24) is 15.4 Å². The first kappa shape index (κ1) is 9.72. The minimum atomic E-state index is -0.121. The zero-order valence-corrected chi connectivity index (χ0v) is 8.92. The van der Waals surface area contributed by atoms with Crippen LogP contribution in [0.4, 0.5) is 0 Å². The second-order valence-corrected chi connectivity index (χ2v) is 3.75. The van der Waals surface area contributed by atoms with Crippen LogP contribution in [-0.4, -0.2) is 21.2 Å². The lowest BCUT2D eigenvalue weighted by Crippen LogP contribution is -2.01. The number of nitrogens with one attached hydrogen (secondary N) is 1. The number of aromatic amines is 1. The number of carbonyl (C=O) groups excluding carboxylic acids is 1. The third-order valence-electron chi connectivity index (χ3n) is 2.66. The van der Waals surface area contributed by atoms with Crippen LogP contribution in [0.2, 0.25) is 0 Å². The molecule has 2 aromatic carbocycles. The molecule has 1 aromatic heterocycles. The van der Waals surface area contributed by atoms with Crippen LogP contribution in [0.1, 0.15) is 16.1 Å². The molecule has 0 amide bonds. The molecule has 0 unspecified atom stereocenters. The number of ketones is 1. The molecular formula is C13H9N3O. The van der Waals surface area contributed by atoms with Crippen molar-refractivity contribution in [3.63, 3.8) is 0 Å². The van der Waals surface area contributed by atoms with Crippen LogP contribution in [0.25, 0.3) is 10.8 Å². The van der Waals surface area contributed by atoms with E-state index >= 15 is 0 Å². The third kappa shape index (κ3) is 1.69. The van der Waals surface area contributed by atoms with Gasteiger partial charge < -0.3 is 0 Å². The highest BCUT2D eigenvalue weighted by Gasteiger charge is 2.11. The first-order valence-electron chi connectivity index (χ1n) is 5.24. The molecular weight excluding hydrogens is 214 g/mol. The summed E-state index contributed by atoms with van der Waals surface area (Å²) in [4.78, 5) is 12.0. The van der Waals surface area contributed by atoms with Gasteiger partial charge in [0.2, 0.25) is 5.78 Å². The smallest absolute Gasteiger partial charge is 0.214 e. The largest absolute Gasteiger partial charge is 0.287 e. The number of benzene rings is 2. The van der Waals surface area contributed by atoms with E-state index in [4.69, 9.17) is 0 Å². The molecule has 0 atom stereocenters. The lowest BCUT2D eigenvalue weighted by Gasteiger charge is -2.00. The maximum Gasteiger partial charge on any atom is 0.214 e. The monoisotopic (exact) mass is 223 g/mol. The number of rotatable bonds is 2. The molecule has 0 aliphatic carbocycles. The Morgan fingerprint density at radius 3 is 2.65 bits per heavy atom. The Kier molecular flexibility index (Phi) is 2.19. The molecule has 0 spiro atoms. The van der Waals surface area contributed by atoms with Gasteiger partial charge in [0, 0.05) is 5.56 Å². The van der Waals surface area contributed by atoms with Gasteiger partial charge >= 0.3 is 0 Å². The van der Waals surface area contributed by atoms with Gasteiger partial charge in [0.15, 0.2) is 5.69 Å². The summed E-state index contributed by atoms with van der Waals surface area (Å²) in [5.74, 6) is -0.121. The van der Waals surface area contributed by atoms with Gasteiger partial charge in [0.1, 0.15) is 0 Å². The minimum absolute atomic E-state index is 0.121. The number of carbonyl (C=O) groups is 1. The molecule has 0 fully saturated rings. The summed E-state index contributed by atoms with van der Waals surface area (Å²) in [5, 5.41) is 12.0. The minimum Gasteiger partial charge on any atom is -0.287 e. The Morgan fingerprint density at radius 1 is 1.06 bits per heavy atom. The van der Waals surface area contributed by atoms with Gasteiger partial charge in [-0.05, 0) is 16.8 Å². The van der Waals surface area contributed by atoms with Crippen molar-refractivity contribution in [1.29, 1.82) is 0 Å². The number of aromatic nitrogens is 3. The average Bonchev–Trinajstić information content (AvgIpc) is 2.91. The van der Waals surface area contributed by atoms with Crippen LogP contribution in [0.15, 0.2) is 48.7 Å². The zero-order chi connectivity index (χ0) is 11.7. The fourth-order valence-corrected chi connectivity index (χ4v) is 1.79. The van der Waals surface area contributed by atoms with E-state index in [9.17, 15) is 4.79 Å². The predicted octanol–water partition coefficient (Wildman–Crippen LogP) is 2.19.